The van der Waals surface area contributed by atoms with Crippen LogP contribution in [0.25, 0.3) is 0 Å². The van der Waals surface area contributed by atoms with Crippen molar-refractivity contribution in [2.24, 2.45) is 0 Å². The second kappa shape index (κ2) is 7.85. The summed E-state index contributed by atoms with van der Waals surface area (Å²) in [7, 11) is -3.82. The van der Waals surface area contributed by atoms with Crippen LogP contribution in [0.2, 0.25) is 0 Å². The molecule has 0 fully saturated rings. The van der Waals surface area contributed by atoms with Crippen molar-refractivity contribution in [3.63, 3.8) is 0 Å². The minimum atomic E-state index is -3.82. The molecule has 0 saturated heterocycles. The van der Waals surface area contributed by atoms with Crippen LogP contribution in [0.4, 0.5) is 10.8 Å². The van der Waals surface area contributed by atoms with E-state index in [4.69, 9.17) is 5.11 Å². The largest absolute Gasteiger partial charge is 0.478 e. The molecule has 11 heteroatoms. The maximum atomic E-state index is 12.3. The van der Waals surface area contributed by atoms with E-state index in [-0.39, 0.29) is 10.0 Å². The Balaban J connectivity index is 2.07. The van der Waals surface area contributed by atoms with Crippen LogP contribution in [0.15, 0.2) is 41.3 Å². The fraction of sp³-hybridized carbons (Fsp3) is 0.143. The quantitative estimate of drug-likeness (QED) is 0.616. The normalized spacial score (nSPS) is 11.4. The molecule has 0 aliphatic rings. The number of anilines is 2. The van der Waals surface area contributed by atoms with E-state index in [1.54, 1.807) is 0 Å². The second-order valence-electron chi connectivity index (χ2n) is 4.65. The van der Waals surface area contributed by atoms with E-state index in [2.05, 4.69) is 20.2 Å². The number of aryl methyl sites for hydroxylation is 1. The Morgan fingerprint density at radius 3 is 2.44 bits per heavy atom. The number of aromatic nitrogens is 2. The number of aliphatic carboxylic acids is 1. The van der Waals surface area contributed by atoms with Crippen molar-refractivity contribution >= 4 is 44.1 Å². The Hall–Kier alpha value is -2.79. The van der Waals surface area contributed by atoms with E-state index >= 15 is 0 Å². The van der Waals surface area contributed by atoms with Crippen LogP contribution in [0.5, 0.6) is 0 Å². The summed E-state index contributed by atoms with van der Waals surface area (Å²) >= 11 is 1.15. The molecule has 1 aromatic carbocycles. The number of carbonyl (C=O) groups is 2. The molecule has 132 valence electrons. The lowest BCUT2D eigenvalue weighted by molar-refractivity contribution is -0.131. The number of nitrogens with one attached hydrogen (secondary N) is 2. The lowest BCUT2D eigenvalue weighted by atomic mass is 10.3. The summed E-state index contributed by atoms with van der Waals surface area (Å²) in [5.41, 5.74) is 0.322. The summed E-state index contributed by atoms with van der Waals surface area (Å²) in [5.74, 6) is -1.89. The van der Waals surface area contributed by atoms with Gasteiger partial charge in [-0.3, -0.25) is 9.52 Å². The van der Waals surface area contributed by atoms with E-state index in [1.807, 2.05) is 6.92 Å². The molecule has 1 amide bonds. The highest BCUT2D eigenvalue weighted by molar-refractivity contribution is 7.93. The number of sulfonamides is 1. The molecule has 1 heterocycles. The van der Waals surface area contributed by atoms with Crippen molar-refractivity contribution in [2.45, 2.75) is 18.2 Å². The first-order valence-electron chi connectivity index (χ1n) is 6.97. The summed E-state index contributed by atoms with van der Waals surface area (Å²) in [5, 5.41) is 19.3. The van der Waals surface area contributed by atoms with Crippen LogP contribution < -0.4 is 10.0 Å². The summed E-state index contributed by atoms with van der Waals surface area (Å²) in [6.45, 7) is 1.89. The molecule has 0 spiro atoms. The van der Waals surface area contributed by atoms with Gasteiger partial charge < -0.3 is 10.4 Å². The molecular formula is C14H14N4O5S2. The zero-order chi connectivity index (χ0) is 18.4. The zero-order valence-corrected chi connectivity index (χ0v) is 14.6. The third-order valence-corrected chi connectivity index (χ3v) is 5.27. The number of hydrogen-bond donors (Lipinski definition) is 3. The van der Waals surface area contributed by atoms with Crippen molar-refractivity contribution in [3.05, 3.63) is 41.4 Å². The first-order valence-corrected chi connectivity index (χ1v) is 9.27. The molecule has 25 heavy (non-hydrogen) atoms. The molecule has 3 N–H and O–H groups in total. The van der Waals surface area contributed by atoms with Gasteiger partial charge in [0.2, 0.25) is 11.0 Å². The maximum Gasteiger partial charge on any atom is 0.328 e. The molecule has 0 aliphatic carbocycles. The highest BCUT2D eigenvalue weighted by atomic mass is 32.2. The summed E-state index contributed by atoms with van der Waals surface area (Å²) < 4.78 is 26.9. The number of rotatable bonds is 7. The molecule has 9 nitrogen and oxygen atoms in total. The number of carbonyl (C=O) groups excluding carboxylic acids is 1. The number of amides is 1. The smallest absolute Gasteiger partial charge is 0.328 e. The van der Waals surface area contributed by atoms with Gasteiger partial charge in [0.05, 0.1) is 4.90 Å². The molecule has 2 aromatic rings. The topological polar surface area (TPSA) is 138 Å². The van der Waals surface area contributed by atoms with Crippen molar-refractivity contribution in [2.75, 3.05) is 10.0 Å². The predicted molar refractivity (Wildman–Crippen MR) is 91.9 cm³/mol. The van der Waals surface area contributed by atoms with Gasteiger partial charge in [0.1, 0.15) is 5.01 Å². The molecule has 1 aromatic heterocycles. The molecule has 0 aliphatic heterocycles. The standard InChI is InChI=1S/C14H14N4O5S2/c1-2-12-16-17-14(24-12)18-25(22,23)10-5-3-9(4-6-10)15-11(19)7-8-13(20)21/h3-8H,2H2,1H3,(H,15,19)(H,17,18)(H,20,21)/b8-7+. The van der Waals surface area contributed by atoms with Gasteiger partial charge in [-0.2, -0.15) is 0 Å². The number of carboxylic acid groups (broad SMARTS) is 1. The monoisotopic (exact) mass is 382 g/mol. The first kappa shape index (κ1) is 18.5. The molecule has 0 radical (unpaired) electrons. The number of nitrogens with zero attached hydrogens (tertiary/aromatic N) is 2. The Morgan fingerprint density at radius 1 is 1.20 bits per heavy atom. The Bertz CT molecular complexity index is 904. The zero-order valence-electron chi connectivity index (χ0n) is 13.0. The first-order chi connectivity index (χ1) is 11.8. The number of hydrogen-bond acceptors (Lipinski definition) is 7. The fourth-order valence-electron chi connectivity index (χ4n) is 1.66. The van der Waals surface area contributed by atoms with Crippen molar-refractivity contribution in [1.29, 1.82) is 0 Å². The Labute approximate surface area is 147 Å². The van der Waals surface area contributed by atoms with E-state index in [0.29, 0.717) is 23.2 Å². The maximum absolute atomic E-state index is 12.3. The third kappa shape index (κ3) is 5.36. The van der Waals surface area contributed by atoms with Crippen LogP contribution >= 0.6 is 11.3 Å². The average Bonchev–Trinajstić information content (AvgIpc) is 3.00. The lowest BCUT2D eigenvalue weighted by Gasteiger charge is -2.06. The van der Waals surface area contributed by atoms with Crippen LogP contribution in [0.1, 0.15) is 11.9 Å². The van der Waals surface area contributed by atoms with Gasteiger partial charge in [-0.15, -0.1) is 10.2 Å². The Kier molecular flexibility index (Phi) is 5.83. The van der Waals surface area contributed by atoms with Crippen LogP contribution in [-0.4, -0.2) is 35.6 Å². The highest BCUT2D eigenvalue weighted by Crippen LogP contribution is 2.21. The van der Waals surface area contributed by atoms with Gasteiger partial charge in [-0.25, -0.2) is 13.2 Å². The van der Waals surface area contributed by atoms with E-state index in [0.717, 1.165) is 17.4 Å². The molecule has 0 unspecified atom stereocenters. The van der Waals surface area contributed by atoms with Gasteiger partial charge >= 0.3 is 5.97 Å². The molecule has 0 bridgehead atoms. The Morgan fingerprint density at radius 2 is 1.88 bits per heavy atom. The van der Waals surface area contributed by atoms with Crippen LogP contribution in [0, 0.1) is 0 Å². The van der Waals surface area contributed by atoms with Gasteiger partial charge in [-0.05, 0) is 30.7 Å². The van der Waals surface area contributed by atoms with Gasteiger partial charge in [0.15, 0.2) is 0 Å². The fourth-order valence-corrected chi connectivity index (χ4v) is 3.57. The summed E-state index contributed by atoms with van der Waals surface area (Å²) in [6, 6.07) is 5.39. The van der Waals surface area contributed by atoms with Gasteiger partial charge in [0.25, 0.3) is 10.0 Å². The number of carboxylic acids is 1. The summed E-state index contributed by atoms with van der Waals surface area (Å²) in [4.78, 5) is 21.8. The molecule has 2 rings (SSSR count). The minimum absolute atomic E-state index is 0.0141. The van der Waals surface area contributed by atoms with E-state index < -0.39 is 21.9 Å². The lowest BCUT2D eigenvalue weighted by Crippen LogP contribution is -2.13. The van der Waals surface area contributed by atoms with Crippen molar-refractivity contribution in [1.82, 2.24) is 10.2 Å². The van der Waals surface area contributed by atoms with E-state index in [9.17, 15) is 18.0 Å². The van der Waals surface area contributed by atoms with Gasteiger partial charge in [-0.1, -0.05) is 18.3 Å². The summed E-state index contributed by atoms with van der Waals surface area (Å²) in [6.07, 6.45) is 2.21. The second-order valence-corrected chi connectivity index (χ2v) is 7.39. The SMILES string of the molecule is CCc1nnc(NS(=O)(=O)c2ccc(NC(=O)/C=C/C(=O)O)cc2)s1. The molecule has 0 atom stereocenters. The van der Waals surface area contributed by atoms with Crippen molar-refractivity contribution in [3.8, 4) is 0 Å². The van der Waals surface area contributed by atoms with Gasteiger partial charge in [0, 0.05) is 17.8 Å². The molecule has 0 saturated carbocycles. The highest BCUT2D eigenvalue weighted by Gasteiger charge is 2.16. The van der Waals surface area contributed by atoms with E-state index in [1.165, 1.54) is 24.3 Å². The third-order valence-electron chi connectivity index (χ3n) is 2.80. The molecular weight excluding hydrogens is 368 g/mol. The van der Waals surface area contributed by atoms with Crippen LogP contribution in [-0.2, 0) is 26.0 Å². The van der Waals surface area contributed by atoms with Crippen LogP contribution in [0.3, 0.4) is 0 Å². The van der Waals surface area contributed by atoms with Crippen molar-refractivity contribution < 1.29 is 23.1 Å². The predicted octanol–water partition coefficient (Wildman–Crippen LogP) is 1.48. The minimum Gasteiger partial charge on any atom is -0.478 e. The average molecular weight is 382 g/mol. The number of benzene rings is 1.